The van der Waals surface area contributed by atoms with Crippen LogP contribution in [0.1, 0.15) is 37.1 Å². The molecule has 1 aromatic rings. The number of hydrogen-bond acceptors (Lipinski definition) is 2. The monoisotopic (exact) mass is 200 g/mol. The van der Waals surface area contributed by atoms with Crippen molar-refractivity contribution < 1.29 is 4.73 Å². The van der Waals surface area contributed by atoms with E-state index in [2.05, 4.69) is 31.0 Å². The van der Waals surface area contributed by atoms with Crippen molar-refractivity contribution in [1.29, 1.82) is 0 Å². The molecule has 0 N–H and O–H groups in total. The number of rotatable bonds is 0. The first-order valence-electron chi connectivity index (χ1n) is 5.13. The van der Waals surface area contributed by atoms with Crippen molar-refractivity contribution in [2.75, 3.05) is 0 Å². The molecule has 0 saturated heterocycles. The van der Waals surface area contributed by atoms with Crippen LogP contribution in [0.25, 0.3) is 0 Å². The fourth-order valence-corrected chi connectivity index (χ4v) is 2.69. The third-order valence-corrected chi connectivity index (χ3v) is 3.25. The molecule has 2 aliphatic carbocycles. The summed E-state index contributed by atoms with van der Waals surface area (Å²) < 4.78 is 0.958. The van der Waals surface area contributed by atoms with Gasteiger partial charge in [0.05, 0.1) is 12.1 Å². The Balaban J connectivity index is 2.29. The minimum Gasteiger partial charge on any atom is -0.618 e. The van der Waals surface area contributed by atoms with Gasteiger partial charge in [-0.15, -0.1) is 0 Å². The first kappa shape index (κ1) is 8.65. The Morgan fingerprint density at radius 2 is 2.07 bits per heavy atom. The third kappa shape index (κ3) is 0.950. The van der Waals surface area contributed by atoms with Gasteiger partial charge in [-0.05, 0) is 19.4 Å². The quantitative estimate of drug-likeness (QED) is 0.364. The van der Waals surface area contributed by atoms with E-state index >= 15 is 0 Å². The Bertz CT molecular complexity index is 498. The van der Waals surface area contributed by atoms with Crippen molar-refractivity contribution in [3.05, 3.63) is 52.3 Å². The van der Waals surface area contributed by atoms with Gasteiger partial charge in [0, 0.05) is 5.92 Å². The second-order valence-electron chi connectivity index (χ2n) is 4.32. The maximum absolute atomic E-state index is 11.7. The van der Waals surface area contributed by atoms with Crippen LogP contribution in [-0.2, 0) is 0 Å². The Hall–Kier alpha value is -1.64. The Morgan fingerprint density at radius 3 is 2.73 bits per heavy atom. The molecule has 1 aromatic heterocycles. The van der Waals surface area contributed by atoms with Crippen LogP contribution in [0.4, 0.5) is 0 Å². The van der Waals surface area contributed by atoms with E-state index in [1.165, 1.54) is 17.3 Å². The highest BCUT2D eigenvalue weighted by molar-refractivity contribution is 5.54. The molecule has 76 valence electrons. The number of aromatic nitrogens is 2. The lowest BCUT2D eigenvalue weighted by Crippen LogP contribution is -2.33. The predicted molar refractivity (Wildman–Crippen MR) is 56.2 cm³/mol. The van der Waals surface area contributed by atoms with E-state index < -0.39 is 0 Å². The lowest BCUT2D eigenvalue weighted by molar-refractivity contribution is -0.615. The minimum absolute atomic E-state index is 0.168. The van der Waals surface area contributed by atoms with Crippen LogP contribution < -0.4 is 4.73 Å². The van der Waals surface area contributed by atoms with Gasteiger partial charge in [-0.3, -0.25) is 0 Å². The molecule has 3 heteroatoms. The van der Waals surface area contributed by atoms with Crippen molar-refractivity contribution in [1.82, 2.24) is 4.98 Å². The van der Waals surface area contributed by atoms with Crippen LogP contribution in [0, 0.1) is 5.21 Å². The summed E-state index contributed by atoms with van der Waals surface area (Å²) in [7, 11) is 0. The van der Waals surface area contributed by atoms with Crippen LogP contribution in [0.2, 0.25) is 0 Å². The molecule has 3 rings (SSSR count). The largest absolute Gasteiger partial charge is 0.618 e. The van der Waals surface area contributed by atoms with Gasteiger partial charge in [-0.2, -0.15) is 4.73 Å². The molecule has 0 fully saturated rings. The highest BCUT2D eigenvalue weighted by Crippen LogP contribution is 2.51. The van der Waals surface area contributed by atoms with Gasteiger partial charge >= 0.3 is 0 Å². The molecule has 0 unspecified atom stereocenters. The highest BCUT2D eigenvalue weighted by Gasteiger charge is 2.44. The summed E-state index contributed by atoms with van der Waals surface area (Å²) in [6, 6.07) is 0. The molecule has 2 atom stereocenters. The van der Waals surface area contributed by atoms with E-state index in [1.807, 2.05) is 0 Å². The van der Waals surface area contributed by atoms with E-state index in [1.54, 1.807) is 6.20 Å². The molecule has 2 bridgehead atoms. The molecular formula is C12H12N2O. The van der Waals surface area contributed by atoms with E-state index in [9.17, 15) is 5.21 Å². The molecule has 0 saturated carbocycles. The van der Waals surface area contributed by atoms with Gasteiger partial charge in [0.2, 0.25) is 5.69 Å². The van der Waals surface area contributed by atoms with Crippen molar-refractivity contribution in [2.24, 2.45) is 0 Å². The maximum atomic E-state index is 11.7. The molecule has 0 aromatic carbocycles. The summed E-state index contributed by atoms with van der Waals surface area (Å²) in [6.45, 7) is 4.20. The Labute approximate surface area is 88.4 Å². The number of allylic oxidation sites excluding steroid dienone is 4. The zero-order valence-corrected chi connectivity index (χ0v) is 8.77. The molecule has 2 aliphatic rings. The molecule has 1 heterocycles. The van der Waals surface area contributed by atoms with Gasteiger partial charge in [0.25, 0.3) is 0 Å². The van der Waals surface area contributed by atoms with Gasteiger partial charge in [-0.25, -0.2) is 4.98 Å². The number of hydrogen-bond donors (Lipinski definition) is 0. The van der Waals surface area contributed by atoms with Crippen LogP contribution >= 0.6 is 0 Å². The summed E-state index contributed by atoms with van der Waals surface area (Å²) in [5.41, 5.74) is 4.40. The average molecular weight is 200 g/mol. The summed E-state index contributed by atoms with van der Waals surface area (Å²) in [6.07, 6.45) is 7.34. The maximum Gasteiger partial charge on any atom is 0.226 e. The van der Waals surface area contributed by atoms with Crippen LogP contribution in [-0.4, -0.2) is 4.98 Å². The summed E-state index contributed by atoms with van der Waals surface area (Å²) in [5, 5.41) is 11.7. The van der Waals surface area contributed by atoms with E-state index in [0.717, 1.165) is 16.1 Å². The van der Waals surface area contributed by atoms with E-state index in [4.69, 9.17) is 0 Å². The second-order valence-corrected chi connectivity index (χ2v) is 4.32. The summed E-state index contributed by atoms with van der Waals surface area (Å²) in [4.78, 5) is 4.33. The predicted octanol–water partition coefficient (Wildman–Crippen LogP) is 1.80. The van der Waals surface area contributed by atoms with Gasteiger partial charge in [0.15, 0.2) is 6.20 Å². The number of nitrogens with zero attached hydrogens (tertiary/aromatic N) is 2. The lowest BCUT2D eigenvalue weighted by Gasteiger charge is -2.07. The van der Waals surface area contributed by atoms with Gasteiger partial charge in [-0.1, -0.05) is 17.7 Å². The van der Waals surface area contributed by atoms with Crippen molar-refractivity contribution in [3.63, 3.8) is 0 Å². The topological polar surface area (TPSA) is 39.8 Å². The number of fused-ring (bicyclic) bond motifs is 5. The Kier molecular flexibility index (Phi) is 1.55. The highest BCUT2D eigenvalue weighted by atomic mass is 16.5. The van der Waals surface area contributed by atoms with Crippen LogP contribution in [0.15, 0.2) is 35.7 Å². The molecular weight excluding hydrogens is 188 g/mol. The lowest BCUT2D eigenvalue weighted by atomic mass is 9.98. The Morgan fingerprint density at radius 1 is 1.33 bits per heavy atom. The smallest absolute Gasteiger partial charge is 0.226 e. The first-order valence-corrected chi connectivity index (χ1v) is 5.13. The molecule has 0 radical (unpaired) electrons. The molecule has 0 aliphatic heterocycles. The summed E-state index contributed by atoms with van der Waals surface area (Å²) >= 11 is 0. The summed E-state index contributed by atoms with van der Waals surface area (Å²) in [5.74, 6) is 0.414. The van der Waals surface area contributed by atoms with Gasteiger partial charge < -0.3 is 5.21 Å². The SMILES string of the molecule is CC(C)=C1[C@H]2C=C[C@@H]1c1c2ncc[n+]1[O-]. The minimum atomic E-state index is 0.168. The zero-order valence-electron chi connectivity index (χ0n) is 8.77. The standard InChI is InChI=1S/C12H12N2O/c1-7(2)10-8-3-4-9(10)12-11(8)13-5-6-14(12)15/h3-6,8-9H,1-2H3/t8-,9+/m1/s1. The van der Waals surface area contributed by atoms with Crippen molar-refractivity contribution >= 4 is 0 Å². The second kappa shape index (κ2) is 2.69. The van der Waals surface area contributed by atoms with Gasteiger partial charge in [0.1, 0.15) is 5.69 Å². The third-order valence-electron chi connectivity index (χ3n) is 3.25. The van der Waals surface area contributed by atoms with Crippen LogP contribution in [0.3, 0.4) is 0 Å². The normalized spacial score (nSPS) is 25.9. The molecule has 0 amide bonds. The van der Waals surface area contributed by atoms with Crippen molar-refractivity contribution in [3.8, 4) is 0 Å². The fraction of sp³-hybridized carbons (Fsp3) is 0.333. The molecule has 0 spiro atoms. The van der Waals surface area contributed by atoms with E-state index in [-0.39, 0.29) is 11.8 Å². The van der Waals surface area contributed by atoms with E-state index in [0.29, 0.717) is 0 Å². The van der Waals surface area contributed by atoms with Crippen LogP contribution in [0.5, 0.6) is 0 Å². The molecule has 15 heavy (non-hydrogen) atoms. The molecule has 3 nitrogen and oxygen atoms in total. The average Bonchev–Trinajstić information content (AvgIpc) is 2.73. The fourth-order valence-electron chi connectivity index (χ4n) is 2.69. The first-order chi connectivity index (χ1) is 7.20. The van der Waals surface area contributed by atoms with Crippen molar-refractivity contribution in [2.45, 2.75) is 25.7 Å². The zero-order chi connectivity index (χ0) is 10.6.